The molecule has 2 atom stereocenters. The van der Waals surface area contributed by atoms with Gasteiger partial charge in [-0.15, -0.1) is 0 Å². The van der Waals surface area contributed by atoms with Crippen molar-refractivity contribution in [3.8, 4) is 5.75 Å². The Morgan fingerprint density at radius 3 is 2.90 bits per heavy atom. The Morgan fingerprint density at radius 2 is 2.17 bits per heavy atom. The van der Waals surface area contributed by atoms with Crippen molar-refractivity contribution in [3.05, 3.63) is 52.6 Å². The lowest BCUT2D eigenvalue weighted by molar-refractivity contribution is 0.0690. The maximum Gasteiger partial charge on any atom is 0.280 e. The van der Waals surface area contributed by atoms with Crippen LogP contribution in [0.15, 0.2) is 30.6 Å². The second-order valence-corrected chi connectivity index (χ2v) is 7.45. The first-order valence-corrected chi connectivity index (χ1v) is 9.64. The van der Waals surface area contributed by atoms with Crippen LogP contribution in [0.2, 0.25) is 5.02 Å². The predicted octanol–water partition coefficient (Wildman–Crippen LogP) is 2.68. The average Bonchev–Trinajstić information content (AvgIpc) is 3.22. The Bertz CT molecular complexity index is 1090. The van der Waals surface area contributed by atoms with Crippen LogP contribution in [-0.4, -0.2) is 56.6 Å². The number of likely N-dealkylation sites (tertiary alicyclic amines) is 1. The normalized spacial score (nSPS) is 19.5. The van der Waals surface area contributed by atoms with Gasteiger partial charge in [0, 0.05) is 30.6 Å². The largest absolute Gasteiger partial charge is 0.495 e. The molecule has 1 aliphatic rings. The molecule has 0 saturated carbocycles. The summed E-state index contributed by atoms with van der Waals surface area (Å²) >= 11 is 6.04. The highest BCUT2D eigenvalue weighted by Crippen LogP contribution is 2.31. The van der Waals surface area contributed by atoms with Gasteiger partial charge in [0.2, 0.25) is 0 Å². The van der Waals surface area contributed by atoms with Gasteiger partial charge in [0.15, 0.2) is 0 Å². The van der Waals surface area contributed by atoms with Crippen molar-refractivity contribution in [2.24, 2.45) is 5.73 Å². The Morgan fingerprint density at radius 1 is 1.37 bits per heavy atom. The summed E-state index contributed by atoms with van der Waals surface area (Å²) in [5.41, 5.74) is 6.79. The number of benzene rings is 1. The number of alkyl halides is 2. The van der Waals surface area contributed by atoms with Crippen LogP contribution in [0.4, 0.5) is 8.78 Å². The summed E-state index contributed by atoms with van der Waals surface area (Å²) in [6.07, 6.45) is -1.01. The number of amides is 1. The van der Waals surface area contributed by atoms with Gasteiger partial charge in [-0.25, -0.2) is 18.3 Å². The SMILES string of the molecule is COc1cc(C(=O)N2CCC(N)[C@H](c3cc(C(F)F)nc4ncnn34)C2)ccc1Cl. The van der Waals surface area contributed by atoms with Crippen LogP contribution in [0.3, 0.4) is 0 Å². The van der Waals surface area contributed by atoms with Crippen molar-refractivity contribution in [1.29, 1.82) is 0 Å². The molecule has 4 rings (SSSR count). The van der Waals surface area contributed by atoms with E-state index in [1.807, 2.05) is 0 Å². The molecule has 0 spiro atoms. The summed E-state index contributed by atoms with van der Waals surface area (Å²) in [7, 11) is 1.47. The minimum Gasteiger partial charge on any atom is -0.495 e. The number of carbonyl (C=O) groups excluding carboxylic acids is 1. The molecule has 1 fully saturated rings. The van der Waals surface area contributed by atoms with E-state index in [0.29, 0.717) is 35.0 Å². The lowest BCUT2D eigenvalue weighted by Gasteiger charge is -2.37. The number of nitrogens with zero attached hydrogens (tertiary/aromatic N) is 5. The van der Waals surface area contributed by atoms with Gasteiger partial charge in [0.05, 0.1) is 17.8 Å². The van der Waals surface area contributed by atoms with E-state index >= 15 is 0 Å². The molecule has 8 nitrogen and oxygen atoms in total. The van der Waals surface area contributed by atoms with Gasteiger partial charge >= 0.3 is 0 Å². The number of rotatable bonds is 4. The summed E-state index contributed by atoms with van der Waals surface area (Å²) < 4.78 is 33.3. The number of aromatic nitrogens is 4. The third-order valence-electron chi connectivity index (χ3n) is 5.25. The Labute approximate surface area is 175 Å². The zero-order valence-electron chi connectivity index (χ0n) is 16.0. The van der Waals surface area contributed by atoms with E-state index in [1.165, 1.54) is 24.0 Å². The van der Waals surface area contributed by atoms with Crippen molar-refractivity contribution >= 4 is 23.3 Å². The summed E-state index contributed by atoms with van der Waals surface area (Å²) in [6.45, 7) is 0.682. The summed E-state index contributed by atoms with van der Waals surface area (Å²) in [5.74, 6) is -0.171. The van der Waals surface area contributed by atoms with Gasteiger partial charge in [-0.3, -0.25) is 4.79 Å². The fourth-order valence-corrected chi connectivity index (χ4v) is 3.87. The van der Waals surface area contributed by atoms with Crippen molar-refractivity contribution < 1.29 is 18.3 Å². The van der Waals surface area contributed by atoms with Gasteiger partial charge in [0.25, 0.3) is 18.1 Å². The zero-order chi connectivity index (χ0) is 21.4. The van der Waals surface area contributed by atoms with Crippen LogP contribution in [-0.2, 0) is 0 Å². The third kappa shape index (κ3) is 3.68. The van der Waals surface area contributed by atoms with Crippen LogP contribution in [0.5, 0.6) is 5.75 Å². The minimum absolute atomic E-state index is 0.0703. The number of carbonyl (C=O) groups is 1. The van der Waals surface area contributed by atoms with Gasteiger partial charge < -0.3 is 15.4 Å². The number of nitrogens with two attached hydrogens (primary N) is 1. The first-order valence-electron chi connectivity index (χ1n) is 9.26. The van der Waals surface area contributed by atoms with Crippen LogP contribution < -0.4 is 10.5 Å². The highest BCUT2D eigenvalue weighted by Gasteiger charge is 2.33. The lowest BCUT2D eigenvalue weighted by Crippen LogP contribution is -2.48. The molecule has 3 aromatic rings. The topological polar surface area (TPSA) is 98.6 Å². The first-order chi connectivity index (χ1) is 14.4. The molecule has 1 unspecified atom stereocenters. The van der Waals surface area contributed by atoms with Crippen LogP contribution in [0, 0.1) is 0 Å². The smallest absolute Gasteiger partial charge is 0.280 e. The highest BCUT2D eigenvalue weighted by molar-refractivity contribution is 6.32. The molecule has 3 heterocycles. The van der Waals surface area contributed by atoms with Gasteiger partial charge in [-0.05, 0) is 30.7 Å². The number of halogens is 3. The van der Waals surface area contributed by atoms with E-state index in [1.54, 1.807) is 23.1 Å². The van der Waals surface area contributed by atoms with E-state index in [2.05, 4.69) is 15.1 Å². The van der Waals surface area contributed by atoms with Crippen molar-refractivity contribution in [3.63, 3.8) is 0 Å². The molecule has 1 aromatic carbocycles. The van der Waals surface area contributed by atoms with Crippen molar-refractivity contribution in [2.75, 3.05) is 20.2 Å². The van der Waals surface area contributed by atoms with E-state index in [9.17, 15) is 13.6 Å². The molecule has 0 radical (unpaired) electrons. The second kappa shape index (κ2) is 8.11. The van der Waals surface area contributed by atoms with Crippen LogP contribution in [0.1, 0.15) is 40.5 Å². The Hall–Kier alpha value is -2.85. The molecule has 2 aromatic heterocycles. The highest BCUT2D eigenvalue weighted by atomic mass is 35.5. The molecule has 1 saturated heterocycles. The molecule has 0 bridgehead atoms. The maximum absolute atomic E-state index is 13.3. The molecule has 11 heteroatoms. The lowest BCUT2D eigenvalue weighted by atomic mass is 9.89. The molecule has 158 valence electrons. The first kappa shape index (κ1) is 20.4. The van der Waals surface area contributed by atoms with E-state index < -0.39 is 18.0 Å². The summed E-state index contributed by atoms with van der Waals surface area (Å²) in [4.78, 5) is 22.5. The number of hydrogen-bond donors (Lipinski definition) is 1. The Balaban J connectivity index is 1.67. The van der Waals surface area contributed by atoms with E-state index in [4.69, 9.17) is 22.1 Å². The molecular formula is C19H19ClF2N6O2. The summed E-state index contributed by atoms with van der Waals surface area (Å²) in [5, 5.41) is 4.50. The van der Waals surface area contributed by atoms with Crippen LogP contribution >= 0.6 is 11.6 Å². The van der Waals surface area contributed by atoms with E-state index in [0.717, 1.165) is 0 Å². The number of fused-ring (bicyclic) bond motifs is 1. The second-order valence-electron chi connectivity index (χ2n) is 7.04. The predicted molar refractivity (Wildman–Crippen MR) is 105 cm³/mol. The molecule has 0 aliphatic carbocycles. The molecule has 30 heavy (non-hydrogen) atoms. The summed E-state index contributed by atoms with van der Waals surface area (Å²) in [6, 6.07) is 5.74. The monoisotopic (exact) mass is 436 g/mol. The molecule has 2 N–H and O–H groups in total. The number of ether oxygens (including phenoxy) is 1. The Kier molecular flexibility index (Phi) is 5.52. The quantitative estimate of drug-likeness (QED) is 0.675. The number of hydrogen-bond acceptors (Lipinski definition) is 6. The van der Waals surface area contributed by atoms with Crippen molar-refractivity contribution in [2.45, 2.75) is 24.8 Å². The van der Waals surface area contributed by atoms with Gasteiger partial charge in [-0.1, -0.05) is 11.6 Å². The van der Waals surface area contributed by atoms with Gasteiger partial charge in [0.1, 0.15) is 17.8 Å². The fourth-order valence-electron chi connectivity index (χ4n) is 3.67. The van der Waals surface area contributed by atoms with Crippen molar-refractivity contribution in [1.82, 2.24) is 24.5 Å². The molecular weight excluding hydrogens is 418 g/mol. The zero-order valence-corrected chi connectivity index (χ0v) is 16.8. The molecule has 1 aliphatic heterocycles. The third-order valence-corrected chi connectivity index (χ3v) is 5.57. The number of methoxy groups -OCH3 is 1. The molecule has 1 amide bonds. The standard InChI is InChI=1S/C19H19ClF2N6O2/c1-30-16-6-10(2-3-12(16)20)18(29)27-5-4-13(23)11(8-27)15-7-14(17(21)22)26-19-24-9-25-28(15)19/h2-3,6-7,9,11,13,17H,4-5,8,23H2,1H3/t11-,13?/m1/s1. The van der Waals surface area contributed by atoms with Crippen LogP contribution in [0.25, 0.3) is 5.78 Å². The fraction of sp³-hybridized carbons (Fsp3) is 0.368. The maximum atomic E-state index is 13.3. The van der Waals surface area contributed by atoms with Gasteiger partial charge in [-0.2, -0.15) is 10.1 Å². The van der Waals surface area contributed by atoms with E-state index in [-0.39, 0.29) is 24.3 Å². The minimum atomic E-state index is -2.76. The average molecular weight is 437 g/mol. The number of piperidine rings is 1.